The Labute approximate surface area is 149 Å². The van der Waals surface area contributed by atoms with Crippen LogP contribution in [0, 0.1) is 5.92 Å². The predicted octanol–water partition coefficient (Wildman–Crippen LogP) is 3.55. The first-order chi connectivity index (χ1) is 11.8. The summed E-state index contributed by atoms with van der Waals surface area (Å²) in [6.07, 6.45) is 8.95. The summed E-state index contributed by atoms with van der Waals surface area (Å²) in [5.41, 5.74) is 3.39. The maximum Gasteiger partial charge on any atom is 0.271 e. The molecule has 5 heteroatoms. The van der Waals surface area contributed by atoms with Crippen molar-refractivity contribution in [1.82, 2.24) is 15.1 Å². The minimum absolute atomic E-state index is 0.0311. The van der Waals surface area contributed by atoms with E-state index >= 15 is 0 Å². The van der Waals surface area contributed by atoms with Gasteiger partial charge in [-0.2, -0.15) is 5.10 Å². The van der Waals surface area contributed by atoms with Crippen molar-refractivity contribution < 1.29 is 9.90 Å². The molecule has 2 heterocycles. The number of hydrogen-bond acceptors (Lipinski definition) is 3. The van der Waals surface area contributed by atoms with Crippen molar-refractivity contribution >= 4 is 11.5 Å². The number of rotatable bonds is 4. The molecule has 0 radical (unpaired) electrons. The van der Waals surface area contributed by atoms with Gasteiger partial charge in [0.1, 0.15) is 5.69 Å². The Balaban J connectivity index is 1.60. The standard InChI is InChI=1S/C20H29N3O2/c1-14-4-6-16(7-5-14)17-12-18(22-21-17)19(24)23-10-8-15(9-11-23)13-20(2,3)25/h4,6,12,15,25H,5,7-11,13H2,1-3H3,(H,21,22). The molecule has 3 rings (SSSR count). The van der Waals surface area contributed by atoms with Crippen molar-refractivity contribution in [2.75, 3.05) is 13.1 Å². The fourth-order valence-corrected chi connectivity index (χ4v) is 3.77. The van der Waals surface area contributed by atoms with E-state index in [2.05, 4.69) is 29.3 Å². The first-order valence-corrected chi connectivity index (χ1v) is 9.25. The van der Waals surface area contributed by atoms with E-state index in [4.69, 9.17) is 0 Å². The lowest BCUT2D eigenvalue weighted by Gasteiger charge is -2.34. The van der Waals surface area contributed by atoms with E-state index in [1.165, 1.54) is 11.1 Å². The number of H-pyrrole nitrogens is 1. The van der Waals surface area contributed by atoms with Gasteiger partial charge in [-0.15, -0.1) is 0 Å². The minimum atomic E-state index is -0.629. The number of carbonyl (C=O) groups is 1. The van der Waals surface area contributed by atoms with Crippen LogP contribution in [0.15, 0.2) is 23.8 Å². The zero-order valence-electron chi connectivity index (χ0n) is 15.5. The van der Waals surface area contributed by atoms with E-state index < -0.39 is 5.60 Å². The van der Waals surface area contributed by atoms with Crippen LogP contribution in [-0.4, -0.2) is 44.8 Å². The summed E-state index contributed by atoms with van der Waals surface area (Å²) >= 11 is 0. The molecule has 2 aliphatic rings. The van der Waals surface area contributed by atoms with E-state index in [0.29, 0.717) is 11.6 Å². The van der Waals surface area contributed by atoms with Crippen LogP contribution in [0.1, 0.15) is 69.1 Å². The molecule has 0 bridgehead atoms. The second-order valence-electron chi connectivity index (χ2n) is 8.12. The molecule has 1 saturated heterocycles. The molecule has 136 valence electrons. The largest absolute Gasteiger partial charge is 0.390 e. The Bertz CT molecular complexity index is 686. The summed E-state index contributed by atoms with van der Waals surface area (Å²) < 4.78 is 0. The van der Waals surface area contributed by atoms with Crippen LogP contribution < -0.4 is 0 Å². The third-order valence-corrected chi connectivity index (χ3v) is 5.18. The van der Waals surface area contributed by atoms with E-state index in [9.17, 15) is 9.90 Å². The van der Waals surface area contributed by atoms with Gasteiger partial charge in [-0.05, 0) is 70.4 Å². The van der Waals surface area contributed by atoms with Gasteiger partial charge in [-0.3, -0.25) is 9.89 Å². The van der Waals surface area contributed by atoms with Crippen molar-refractivity contribution in [3.05, 3.63) is 35.2 Å². The summed E-state index contributed by atoms with van der Waals surface area (Å²) in [4.78, 5) is 14.6. The maximum absolute atomic E-state index is 12.7. The zero-order chi connectivity index (χ0) is 18.0. The van der Waals surface area contributed by atoms with E-state index in [1.807, 2.05) is 24.8 Å². The zero-order valence-corrected chi connectivity index (χ0v) is 15.5. The SMILES string of the molecule is CC1=CC=C(c2cc(C(=O)N3CCC(CC(C)(C)O)CC3)[nH]n2)CC1. The van der Waals surface area contributed by atoms with Crippen molar-refractivity contribution in [2.24, 2.45) is 5.92 Å². The average molecular weight is 343 g/mol. The molecule has 0 aromatic carbocycles. The summed E-state index contributed by atoms with van der Waals surface area (Å²) in [7, 11) is 0. The number of likely N-dealkylation sites (tertiary alicyclic amines) is 1. The van der Waals surface area contributed by atoms with Crippen LogP contribution in [0.4, 0.5) is 0 Å². The number of allylic oxidation sites excluding steroid dienone is 4. The second-order valence-corrected chi connectivity index (χ2v) is 8.12. The molecule has 0 saturated carbocycles. The van der Waals surface area contributed by atoms with Gasteiger partial charge in [0.25, 0.3) is 5.91 Å². The van der Waals surface area contributed by atoms with Gasteiger partial charge in [-0.1, -0.05) is 17.7 Å². The molecular formula is C20H29N3O2. The number of aliphatic hydroxyl groups is 1. The quantitative estimate of drug-likeness (QED) is 0.878. The Morgan fingerprint density at radius 3 is 2.64 bits per heavy atom. The van der Waals surface area contributed by atoms with Gasteiger partial charge in [-0.25, -0.2) is 0 Å². The number of aromatic nitrogens is 2. The predicted molar refractivity (Wildman–Crippen MR) is 99.1 cm³/mol. The van der Waals surface area contributed by atoms with Gasteiger partial charge < -0.3 is 10.0 Å². The highest BCUT2D eigenvalue weighted by Gasteiger charge is 2.28. The molecule has 25 heavy (non-hydrogen) atoms. The summed E-state index contributed by atoms with van der Waals surface area (Å²) in [6.45, 7) is 7.34. The third kappa shape index (κ3) is 4.60. The van der Waals surface area contributed by atoms with Crippen LogP contribution >= 0.6 is 0 Å². The number of aromatic amines is 1. The van der Waals surface area contributed by atoms with Gasteiger partial charge >= 0.3 is 0 Å². The van der Waals surface area contributed by atoms with Crippen molar-refractivity contribution in [3.8, 4) is 0 Å². The molecule has 2 N–H and O–H groups in total. The van der Waals surface area contributed by atoms with E-state index in [1.54, 1.807) is 0 Å². The molecule has 0 atom stereocenters. The summed E-state index contributed by atoms with van der Waals surface area (Å²) in [5, 5.41) is 17.2. The number of piperidine rings is 1. The molecule has 1 fully saturated rings. The van der Waals surface area contributed by atoms with Crippen molar-refractivity contribution in [1.29, 1.82) is 0 Å². The third-order valence-electron chi connectivity index (χ3n) is 5.18. The average Bonchev–Trinajstić information content (AvgIpc) is 3.04. The Kier molecular flexibility index (Phi) is 5.13. The Hall–Kier alpha value is -1.88. The van der Waals surface area contributed by atoms with Crippen LogP contribution in [-0.2, 0) is 0 Å². The molecule has 1 aromatic heterocycles. The molecule has 1 amide bonds. The molecule has 1 aromatic rings. The second kappa shape index (κ2) is 7.16. The van der Waals surface area contributed by atoms with Crippen molar-refractivity contribution in [2.45, 2.75) is 58.5 Å². The molecule has 0 unspecified atom stereocenters. The van der Waals surface area contributed by atoms with Gasteiger partial charge in [0.05, 0.1) is 11.3 Å². The summed E-state index contributed by atoms with van der Waals surface area (Å²) in [5.74, 6) is 0.521. The van der Waals surface area contributed by atoms with Crippen LogP contribution in [0.2, 0.25) is 0 Å². The van der Waals surface area contributed by atoms with Gasteiger partial charge in [0.2, 0.25) is 0 Å². The van der Waals surface area contributed by atoms with E-state index in [-0.39, 0.29) is 5.91 Å². The summed E-state index contributed by atoms with van der Waals surface area (Å²) in [6, 6.07) is 1.88. The Morgan fingerprint density at radius 2 is 2.04 bits per heavy atom. The van der Waals surface area contributed by atoms with E-state index in [0.717, 1.165) is 50.9 Å². The molecule has 5 nitrogen and oxygen atoms in total. The fraction of sp³-hybridized carbons (Fsp3) is 0.600. The Morgan fingerprint density at radius 1 is 1.32 bits per heavy atom. The number of nitrogens with one attached hydrogen (secondary N) is 1. The monoisotopic (exact) mass is 343 g/mol. The first-order valence-electron chi connectivity index (χ1n) is 9.25. The highest BCUT2D eigenvalue weighted by atomic mass is 16.3. The lowest BCUT2D eigenvalue weighted by Crippen LogP contribution is -2.40. The number of carbonyl (C=O) groups excluding carboxylic acids is 1. The molecule has 0 spiro atoms. The molecular weight excluding hydrogens is 314 g/mol. The topological polar surface area (TPSA) is 69.2 Å². The van der Waals surface area contributed by atoms with Crippen LogP contribution in [0.3, 0.4) is 0 Å². The maximum atomic E-state index is 12.7. The number of hydrogen-bond donors (Lipinski definition) is 2. The molecule has 1 aliphatic heterocycles. The molecule has 1 aliphatic carbocycles. The first kappa shape index (κ1) is 17.9. The fourth-order valence-electron chi connectivity index (χ4n) is 3.77. The number of amides is 1. The lowest BCUT2D eigenvalue weighted by molar-refractivity contribution is 0.0357. The highest BCUT2D eigenvalue weighted by Crippen LogP contribution is 2.28. The number of nitrogens with zero attached hydrogens (tertiary/aromatic N) is 2. The van der Waals surface area contributed by atoms with Gasteiger partial charge in [0.15, 0.2) is 0 Å². The minimum Gasteiger partial charge on any atom is -0.390 e. The highest BCUT2D eigenvalue weighted by molar-refractivity contribution is 5.93. The van der Waals surface area contributed by atoms with Crippen LogP contribution in [0.25, 0.3) is 5.57 Å². The smallest absolute Gasteiger partial charge is 0.271 e. The van der Waals surface area contributed by atoms with Crippen LogP contribution in [0.5, 0.6) is 0 Å². The lowest BCUT2D eigenvalue weighted by atomic mass is 9.86. The normalized spacial score (nSPS) is 19.6. The van der Waals surface area contributed by atoms with Crippen molar-refractivity contribution in [3.63, 3.8) is 0 Å². The van der Waals surface area contributed by atoms with Gasteiger partial charge in [0, 0.05) is 13.1 Å².